The maximum atomic E-state index is 12.6. The van der Waals surface area contributed by atoms with Crippen LogP contribution in [0.3, 0.4) is 0 Å². The summed E-state index contributed by atoms with van der Waals surface area (Å²) in [5.74, 6) is -1.01. The number of nitrogens with zero attached hydrogens (tertiary/aromatic N) is 2. The van der Waals surface area contributed by atoms with E-state index in [-0.39, 0.29) is 11.3 Å². The number of hydrogen-bond acceptors (Lipinski definition) is 2. The fourth-order valence-electron chi connectivity index (χ4n) is 1.43. The van der Waals surface area contributed by atoms with Crippen LogP contribution < -0.4 is 11.1 Å². The Kier molecular flexibility index (Phi) is 2.11. The number of primary amides is 1. The molecule has 0 bridgehead atoms. The molecule has 1 aliphatic rings. The third-order valence-corrected chi connectivity index (χ3v) is 2.07. The Morgan fingerprint density at radius 3 is 2.62 bits per heavy atom. The number of aromatic nitrogens is 1. The van der Waals surface area contributed by atoms with Gasteiger partial charge in [-0.15, -0.1) is 0 Å². The van der Waals surface area contributed by atoms with Crippen LogP contribution in [0.2, 0.25) is 0 Å². The molecule has 83 valence electrons. The van der Waals surface area contributed by atoms with Crippen LogP contribution in [0.4, 0.5) is 18.9 Å². The van der Waals surface area contributed by atoms with Crippen molar-refractivity contribution >= 4 is 17.2 Å². The molecule has 2 N–H and O–H groups in total. The molecule has 0 atom stereocenters. The number of nitrogens with two attached hydrogens (primary N) is 1. The third-order valence-electron chi connectivity index (χ3n) is 2.07. The normalized spacial score (nSPS) is 14.1. The zero-order valence-corrected chi connectivity index (χ0v) is 7.75. The predicted molar refractivity (Wildman–Crippen MR) is 48.6 cm³/mol. The zero-order valence-electron chi connectivity index (χ0n) is 7.75. The zero-order chi connectivity index (χ0) is 11.9. The van der Waals surface area contributed by atoms with E-state index in [0.29, 0.717) is 6.20 Å². The van der Waals surface area contributed by atoms with Crippen molar-refractivity contribution in [1.82, 2.24) is 10.3 Å². The SMILES string of the molecule is NC(=O)c1nccc2c1C(C(F)(F)F)=C[N]2. The lowest BCUT2D eigenvalue weighted by Gasteiger charge is -2.10. The molecule has 16 heavy (non-hydrogen) atoms. The number of carbonyl (C=O) groups is 1. The number of alkyl halides is 3. The first-order valence-corrected chi connectivity index (χ1v) is 4.18. The molecule has 1 aliphatic heterocycles. The van der Waals surface area contributed by atoms with Gasteiger partial charge in [-0.2, -0.15) is 13.2 Å². The maximum absolute atomic E-state index is 12.6. The highest BCUT2D eigenvalue weighted by atomic mass is 19.4. The lowest BCUT2D eigenvalue weighted by Crippen LogP contribution is -2.18. The van der Waals surface area contributed by atoms with Gasteiger partial charge >= 0.3 is 6.18 Å². The number of halogens is 3. The number of fused-ring (bicyclic) bond motifs is 1. The van der Waals surface area contributed by atoms with Crippen molar-refractivity contribution in [2.45, 2.75) is 6.18 Å². The lowest BCUT2D eigenvalue weighted by atomic mass is 10.0. The molecule has 0 unspecified atom stereocenters. The van der Waals surface area contributed by atoms with Gasteiger partial charge < -0.3 is 5.73 Å². The third kappa shape index (κ3) is 1.50. The molecule has 7 heteroatoms. The Bertz CT molecular complexity index is 493. The van der Waals surface area contributed by atoms with Crippen molar-refractivity contribution in [2.24, 2.45) is 5.73 Å². The Labute approximate surface area is 88.0 Å². The second-order valence-corrected chi connectivity index (χ2v) is 3.09. The molecule has 1 aromatic rings. The molecule has 1 aromatic heterocycles. The van der Waals surface area contributed by atoms with Crippen molar-refractivity contribution in [3.05, 3.63) is 29.7 Å². The van der Waals surface area contributed by atoms with E-state index in [2.05, 4.69) is 10.3 Å². The average Bonchev–Trinajstić information content (AvgIpc) is 2.59. The van der Waals surface area contributed by atoms with Gasteiger partial charge in [0.25, 0.3) is 5.91 Å². The molecule has 1 amide bonds. The average molecular weight is 228 g/mol. The molecule has 4 nitrogen and oxygen atoms in total. The number of pyridine rings is 1. The Morgan fingerprint density at radius 2 is 2.06 bits per heavy atom. The molecule has 2 heterocycles. The van der Waals surface area contributed by atoms with Crippen molar-refractivity contribution < 1.29 is 18.0 Å². The van der Waals surface area contributed by atoms with Crippen molar-refractivity contribution in [1.29, 1.82) is 0 Å². The van der Waals surface area contributed by atoms with Gasteiger partial charge in [0.05, 0.1) is 11.3 Å². The van der Waals surface area contributed by atoms with Gasteiger partial charge in [-0.05, 0) is 6.07 Å². The van der Waals surface area contributed by atoms with Gasteiger partial charge in [0.2, 0.25) is 0 Å². The van der Waals surface area contributed by atoms with E-state index in [9.17, 15) is 18.0 Å². The standard InChI is InChI=1S/C9H5F3N3O/c10-9(11,12)4-3-15-5-1-2-14-7(6(4)5)8(13)16/h1-3H,(H2,13,16). The molecular formula is C9H5F3N3O. The second-order valence-electron chi connectivity index (χ2n) is 3.09. The van der Waals surface area contributed by atoms with Crippen LogP contribution in [-0.4, -0.2) is 17.1 Å². The lowest BCUT2D eigenvalue weighted by molar-refractivity contribution is -0.0688. The molecule has 0 aliphatic carbocycles. The van der Waals surface area contributed by atoms with Crippen LogP contribution in [0.15, 0.2) is 18.5 Å². The first-order valence-electron chi connectivity index (χ1n) is 4.18. The minimum Gasteiger partial charge on any atom is -0.364 e. The van der Waals surface area contributed by atoms with E-state index in [1.807, 2.05) is 0 Å². The topological polar surface area (TPSA) is 70.1 Å². The van der Waals surface area contributed by atoms with Crippen LogP contribution in [0.5, 0.6) is 0 Å². The summed E-state index contributed by atoms with van der Waals surface area (Å²) in [6, 6.07) is 1.29. The summed E-state index contributed by atoms with van der Waals surface area (Å²) >= 11 is 0. The second kappa shape index (κ2) is 3.22. The first-order chi connectivity index (χ1) is 7.41. The van der Waals surface area contributed by atoms with Gasteiger partial charge in [-0.25, -0.2) is 0 Å². The van der Waals surface area contributed by atoms with Gasteiger partial charge in [0.1, 0.15) is 5.69 Å². The molecule has 0 spiro atoms. The van der Waals surface area contributed by atoms with Gasteiger partial charge in [0, 0.05) is 18.0 Å². The Morgan fingerprint density at radius 1 is 1.38 bits per heavy atom. The highest BCUT2D eigenvalue weighted by molar-refractivity contribution is 6.00. The summed E-state index contributed by atoms with van der Waals surface area (Å²) in [6.45, 7) is 0. The van der Waals surface area contributed by atoms with E-state index in [0.717, 1.165) is 0 Å². The van der Waals surface area contributed by atoms with E-state index in [1.54, 1.807) is 0 Å². The summed E-state index contributed by atoms with van der Waals surface area (Å²) in [4.78, 5) is 14.5. The maximum Gasteiger partial charge on any atom is 0.418 e. The summed E-state index contributed by atoms with van der Waals surface area (Å²) in [5.41, 5.74) is 3.25. The van der Waals surface area contributed by atoms with Crippen molar-refractivity contribution in [3.63, 3.8) is 0 Å². The van der Waals surface area contributed by atoms with E-state index in [4.69, 9.17) is 5.73 Å². The van der Waals surface area contributed by atoms with Crippen molar-refractivity contribution in [3.8, 4) is 0 Å². The van der Waals surface area contributed by atoms with Gasteiger partial charge in [-0.1, -0.05) is 0 Å². The van der Waals surface area contributed by atoms with Crippen LogP contribution in [0.1, 0.15) is 16.1 Å². The van der Waals surface area contributed by atoms with Crippen LogP contribution in [0, 0.1) is 0 Å². The number of amides is 1. The number of hydrogen-bond donors (Lipinski definition) is 1. The molecule has 0 saturated carbocycles. The largest absolute Gasteiger partial charge is 0.418 e. The monoisotopic (exact) mass is 228 g/mol. The highest BCUT2D eigenvalue weighted by Gasteiger charge is 2.41. The van der Waals surface area contributed by atoms with E-state index >= 15 is 0 Å². The molecule has 2 rings (SSSR count). The molecular weight excluding hydrogens is 223 g/mol. The number of carbonyl (C=O) groups excluding carboxylic acids is 1. The van der Waals surface area contributed by atoms with Crippen LogP contribution in [0.25, 0.3) is 5.57 Å². The number of allylic oxidation sites excluding steroid dienone is 1. The van der Waals surface area contributed by atoms with E-state index < -0.39 is 23.4 Å². The summed E-state index contributed by atoms with van der Waals surface area (Å²) in [5, 5.41) is 3.56. The number of rotatable bonds is 1. The van der Waals surface area contributed by atoms with Crippen LogP contribution >= 0.6 is 0 Å². The smallest absolute Gasteiger partial charge is 0.364 e. The minimum absolute atomic E-state index is 0.0520. The van der Waals surface area contributed by atoms with Gasteiger partial charge in [-0.3, -0.25) is 15.1 Å². The molecule has 0 saturated heterocycles. The van der Waals surface area contributed by atoms with Crippen LogP contribution in [-0.2, 0) is 0 Å². The molecule has 0 aromatic carbocycles. The summed E-state index contributed by atoms with van der Waals surface area (Å²) in [6.07, 6.45) is -2.73. The van der Waals surface area contributed by atoms with Crippen molar-refractivity contribution in [2.75, 3.05) is 0 Å². The predicted octanol–water partition coefficient (Wildman–Crippen LogP) is 1.33. The molecule has 0 fully saturated rings. The summed E-state index contributed by atoms with van der Waals surface area (Å²) < 4.78 is 37.7. The Hall–Kier alpha value is -2.05. The fourth-order valence-corrected chi connectivity index (χ4v) is 1.43. The quantitative estimate of drug-likeness (QED) is 0.787. The summed E-state index contributed by atoms with van der Waals surface area (Å²) in [7, 11) is 0. The van der Waals surface area contributed by atoms with E-state index in [1.165, 1.54) is 12.3 Å². The Balaban J connectivity index is 2.62. The fraction of sp³-hybridized carbons (Fsp3) is 0.111. The van der Waals surface area contributed by atoms with Gasteiger partial charge in [0.15, 0.2) is 0 Å². The highest BCUT2D eigenvalue weighted by Crippen LogP contribution is 2.41. The minimum atomic E-state index is -4.58. The first kappa shape index (κ1) is 10.5. The molecule has 1 radical (unpaired) electrons.